The number of carbonyl (C=O) groups is 2. The quantitative estimate of drug-likeness (QED) is 0.492. The van der Waals surface area contributed by atoms with E-state index in [1.807, 2.05) is 0 Å². The Bertz CT molecular complexity index is 931. The molecule has 2 atom stereocenters. The number of esters is 1. The number of carbonyl (C=O) groups excluding carboxylic acids is 2. The molecule has 0 spiro atoms. The van der Waals surface area contributed by atoms with Gasteiger partial charge in [-0.2, -0.15) is 8.42 Å². The number of amides is 1. The lowest BCUT2D eigenvalue weighted by molar-refractivity contribution is -0.172. The Morgan fingerprint density at radius 1 is 1.12 bits per heavy atom. The molecule has 0 bridgehead atoms. The molecule has 1 N–H and O–H groups in total. The van der Waals surface area contributed by atoms with Crippen LogP contribution in [0.2, 0.25) is 0 Å². The molecule has 0 aromatic carbocycles. The molecule has 1 fully saturated rings. The smallest absolute Gasteiger partial charge is 0.413 e. The molecule has 2 unspecified atom stereocenters. The van der Waals surface area contributed by atoms with Crippen LogP contribution in [0.15, 0.2) is 18.3 Å². The average Bonchev–Trinajstić information content (AvgIpc) is 2.95. The number of hydrogen-bond acceptors (Lipinski definition) is 8. The Balaban J connectivity index is 2.26. The average molecular weight is 471 g/mol. The lowest BCUT2D eigenvalue weighted by atomic mass is 9.78. The third-order valence-corrected chi connectivity index (χ3v) is 5.36. The number of hydrogen-bond donors (Lipinski definition) is 1. The van der Waals surface area contributed by atoms with Crippen molar-refractivity contribution in [2.45, 2.75) is 84.5 Å². The van der Waals surface area contributed by atoms with Crippen molar-refractivity contribution in [2.75, 3.05) is 11.6 Å². The van der Waals surface area contributed by atoms with Crippen molar-refractivity contribution in [1.82, 2.24) is 4.98 Å². The molecular weight excluding hydrogens is 436 g/mol. The van der Waals surface area contributed by atoms with E-state index in [0.29, 0.717) is 30.6 Å². The predicted octanol–water partition coefficient (Wildman–Crippen LogP) is 3.83. The van der Waals surface area contributed by atoms with Gasteiger partial charge >= 0.3 is 12.1 Å². The highest BCUT2D eigenvalue weighted by molar-refractivity contribution is 7.86. The second kappa shape index (κ2) is 9.35. The maximum absolute atomic E-state index is 13.2. The molecule has 1 aliphatic carbocycles. The van der Waals surface area contributed by atoms with Crippen molar-refractivity contribution in [3.63, 3.8) is 0 Å². The van der Waals surface area contributed by atoms with Crippen LogP contribution < -0.4 is 5.32 Å². The molecule has 0 radical (unpaired) electrons. The second-order valence-corrected chi connectivity index (χ2v) is 11.8. The third kappa shape index (κ3) is 7.74. The lowest BCUT2D eigenvalue weighted by Crippen LogP contribution is -2.46. The zero-order valence-electron chi connectivity index (χ0n) is 19.9. The summed E-state index contributed by atoms with van der Waals surface area (Å²) in [5.74, 6) is -0.197. The minimum absolute atomic E-state index is 0.196. The van der Waals surface area contributed by atoms with Gasteiger partial charge in [0.1, 0.15) is 17.0 Å². The molecule has 1 aliphatic rings. The minimum atomic E-state index is -3.77. The molecule has 180 valence electrons. The van der Waals surface area contributed by atoms with Crippen molar-refractivity contribution in [1.29, 1.82) is 0 Å². The monoisotopic (exact) mass is 470 g/mol. The molecule has 1 aromatic rings. The largest absolute Gasteiger partial charge is 0.459 e. The Kier molecular flexibility index (Phi) is 7.61. The summed E-state index contributed by atoms with van der Waals surface area (Å²) in [5, 5.41) is 2.55. The normalized spacial score (nSPS) is 21.8. The van der Waals surface area contributed by atoms with Gasteiger partial charge in [-0.05, 0) is 78.9 Å². The van der Waals surface area contributed by atoms with Gasteiger partial charge in [-0.1, -0.05) is 6.07 Å². The van der Waals surface area contributed by atoms with Gasteiger partial charge in [0.15, 0.2) is 0 Å². The summed E-state index contributed by atoms with van der Waals surface area (Å²) in [5.41, 5.74) is -1.84. The Labute approximate surface area is 190 Å². The van der Waals surface area contributed by atoms with Gasteiger partial charge in [0.05, 0.1) is 17.8 Å². The maximum atomic E-state index is 13.2. The maximum Gasteiger partial charge on any atom is 0.413 e. The fraction of sp³-hybridized carbons (Fsp3) is 0.682. The van der Waals surface area contributed by atoms with E-state index in [1.165, 1.54) is 6.20 Å². The lowest BCUT2D eigenvalue weighted by Gasteiger charge is -2.35. The van der Waals surface area contributed by atoms with E-state index >= 15 is 0 Å². The summed E-state index contributed by atoms with van der Waals surface area (Å²) in [4.78, 5) is 29.4. The fourth-order valence-electron chi connectivity index (χ4n) is 3.65. The Hall–Kier alpha value is -2.20. The molecule has 1 saturated carbocycles. The molecule has 1 heterocycles. The van der Waals surface area contributed by atoms with Crippen molar-refractivity contribution < 1.29 is 31.7 Å². The minimum Gasteiger partial charge on any atom is -0.459 e. The first-order chi connectivity index (χ1) is 14.5. The van der Waals surface area contributed by atoms with E-state index in [0.717, 1.165) is 6.26 Å². The molecule has 2 rings (SSSR count). The third-order valence-electron chi connectivity index (χ3n) is 4.78. The summed E-state index contributed by atoms with van der Waals surface area (Å²) in [6, 6.07) is 3.32. The molecule has 32 heavy (non-hydrogen) atoms. The van der Waals surface area contributed by atoms with Gasteiger partial charge in [-0.25, -0.2) is 9.78 Å². The highest BCUT2D eigenvalue weighted by atomic mass is 32.2. The van der Waals surface area contributed by atoms with Crippen molar-refractivity contribution >= 4 is 28.0 Å². The first-order valence-electron chi connectivity index (χ1n) is 10.6. The van der Waals surface area contributed by atoms with Gasteiger partial charge in [-0.3, -0.25) is 14.3 Å². The van der Waals surface area contributed by atoms with Crippen LogP contribution >= 0.6 is 0 Å². The van der Waals surface area contributed by atoms with E-state index in [1.54, 1.807) is 53.7 Å². The number of nitrogens with zero attached hydrogens (tertiary/aromatic N) is 1. The number of nitrogens with one attached hydrogen (secondary N) is 1. The molecular formula is C22H34N2O7S. The highest BCUT2D eigenvalue weighted by Crippen LogP contribution is 2.45. The first-order valence-corrected chi connectivity index (χ1v) is 12.4. The van der Waals surface area contributed by atoms with Crippen LogP contribution in [0, 0.1) is 5.41 Å². The van der Waals surface area contributed by atoms with Gasteiger partial charge < -0.3 is 9.47 Å². The van der Waals surface area contributed by atoms with E-state index in [-0.39, 0.29) is 6.42 Å². The van der Waals surface area contributed by atoms with Gasteiger partial charge in [0.25, 0.3) is 10.1 Å². The van der Waals surface area contributed by atoms with Crippen LogP contribution in [0.4, 0.5) is 10.6 Å². The molecule has 9 nitrogen and oxygen atoms in total. The van der Waals surface area contributed by atoms with Crippen LogP contribution in [0.1, 0.15) is 66.4 Å². The van der Waals surface area contributed by atoms with E-state index in [4.69, 9.17) is 13.7 Å². The molecule has 0 aliphatic heterocycles. The summed E-state index contributed by atoms with van der Waals surface area (Å²) in [7, 11) is -3.77. The Morgan fingerprint density at radius 3 is 2.25 bits per heavy atom. The highest BCUT2D eigenvalue weighted by Gasteiger charge is 2.53. The van der Waals surface area contributed by atoms with Gasteiger partial charge in [0.2, 0.25) is 0 Å². The summed E-state index contributed by atoms with van der Waals surface area (Å²) in [6.45, 7) is 10.6. The van der Waals surface area contributed by atoms with E-state index < -0.39 is 44.9 Å². The van der Waals surface area contributed by atoms with Crippen molar-refractivity contribution in [3.05, 3.63) is 23.9 Å². The molecule has 10 heteroatoms. The zero-order chi connectivity index (χ0) is 24.4. The fourth-order valence-corrected chi connectivity index (χ4v) is 4.36. The van der Waals surface area contributed by atoms with Crippen LogP contribution in [0.3, 0.4) is 0 Å². The van der Waals surface area contributed by atoms with Crippen molar-refractivity contribution in [2.24, 2.45) is 5.41 Å². The summed E-state index contributed by atoms with van der Waals surface area (Å²) >= 11 is 0. The SMILES string of the molecule is CC(C)(C)OC(=O)Nc1ccc(CC2(C(=O)OC(C)(C)C)CCCC2OS(C)(=O)=O)cn1. The predicted molar refractivity (Wildman–Crippen MR) is 120 cm³/mol. The zero-order valence-corrected chi connectivity index (χ0v) is 20.7. The standard InChI is InChI=1S/C22H34N2O7S/c1-20(2,3)29-18(25)22(12-8-9-16(22)31-32(7,27)28)13-15-10-11-17(23-14-15)24-19(26)30-21(4,5)6/h10-11,14,16H,8-9,12-13H2,1-7H3,(H,23,24,26). The van der Waals surface area contributed by atoms with Gasteiger partial charge in [0, 0.05) is 6.20 Å². The first kappa shape index (κ1) is 26.1. The van der Waals surface area contributed by atoms with Gasteiger partial charge in [-0.15, -0.1) is 0 Å². The van der Waals surface area contributed by atoms with E-state index in [9.17, 15) is 18.0 Å². The number of pyridine rings is 1. The molecule has 1 amide bonds. The molecule has 0 saturated heterocycles. The Morgan fingerprint density at radius 2 is 1.75 bits per heavy atom. The van der Waals surface area contributed by atoms with E-state index in [2.05, 4.69) is 10.3 Å². The van der Waals surface area contributed by atoms with Crippen LogP contribution in [0.5, 0.6) is 0 Å². The van der Waals surface area contributed by atoms with Crippen LogP contribution in [-0.4, -0.2) is 49.0 Å². The summed E-state index contributed by atoms with van der Waals surface area (Å²) < 4.78 is 39.9. The number of ether oxygens (including phenoxy) is 2. The number of anilines is 1. The number of rotatable bonds is 6. The van der Waals surface area contributed by atoms with Crippen molar-refractivity contribution in [3.8, 4) is 0 Å². The number of aromatic nitrogens is 1. The molecule has 1 aromatic heterocycles. The summed E-state index contributed by atoms with van der Waals surface area (Å²) in [6.07, 6.45) is 2.75. The van der Waals surface area contributed by atoms with Crippen LogP contribution in [0.25, 0.3) is 0 Å². The van der Waals surface area contributed by atoms with Crippen LogP contribution in [-0.2, 0) is 35.0 Å². The second-order valence-electron chi connectivity index (χ2n) is 10.2. The topological polar surface area (TPSA) is 121 Å².